The van der Waals surface area contributed by atoms with Gasteiger partial charge in [0.1, 0.15) is 11.0 Å². The minimum atomic E-state index is -0.400. The zero-order valence-electron chi connectivity index (χ0n) is 16.3. The SMILES string of the molecule is CCOc1ccc(-c2nnc(S[C@@H](C(=O)N3CCCC3)c3ccccc3)o2)cc1. The molecule has 3 aromatic rings. The summed E-state index contributed by atoms with van der Waals surface area (Å²) < 4.78 is 11.3. The second kappa shape index (κ2) is 9.13. The van der Waals surface area contributed by atoms with Crippen LogP contribution < -0.4 is 4.74 Å². The first-order valence-corrected chi connectivity index (χ1v) is 10.7. The molecule has 1 aliphatic heterocycles. The number of amides is 1. The van der Waals surface area contributed by atoms with Gasteiger partial charge in [0.2, 0.25) is 11.8 Å². The molecular weight excluding hydrogens is 386 g/mol. The minimum absolute atomic E-state index is 0.0968. The molecular formula is C22H23N3O3S. The minimum Gasteiger partial charge on any atom is -0.494 e. The Bertz CT molecular complexity index is 937. The van der Waals surface area contributed by atoms with Gasteiger partial charge in [-0.05, 0) is 61.4 Å². The molecule has 1 aromatic heterocycles. The van der Waals surface area contributed by atoms with Crippen LogP contribution in [0.25, 0.3) is 11.5 Å². The summed E-state index contributed by atoms with van der Waals surface area (Å²) in [4.78, 5) is 15.1. The van der Waals surface area contributed by atoms with Gasteiger partial charge in [-0.25, -0.2) is 0 Å². The van der Waals surface area contributed by atoms with E-state index in [2.05, 4.69) is 10.2 Å². The molecule has 1 atom stereocenters. The van der Waals surface area contributed by atoms with E-state index in [1.54, 1.807) is 0 Å². The highest BCUT2D eigenvalue weighted by atomic mass is 32.2. The van der Waals surface area contributed by atoms with Crippen LogP contribution in [0.2, 0.25) is 0 Å². The first-order valence-electron chi connectivity index (χ1n) is 9.81. The van der Waals surface area contributed by atoms with Crippen LogP contribution in [0.4, 0.5) is 0 Å². The maximum Gasteiger partial charge on any atom is 0.277 e. The van der Waals surface area contributed by atoms with E-state index in [9.17, 15) is 4.79 Å². The molecule has 4 rings (SSSR count). The Balaban J connectivity index is 1.54. The van der Waals surface area contributed by atoms with E-state index >= 15 is 0 Å². The average molecular weight is 410 g/mol. The molecule has 0 aliphatic carbocycles. The van der Waals surface area contributed by atoms with Gasteiger partial charge in [-0.15, -0.1) is 10.2 Å². The number of hydrogen-bond donors (Lipinski definition) is 0. The van der Waals surface area contributed by atoms with Gasteiger partial charge >= 0.3 is 0 Å². The molecule has 0 N–H and O–H groups in total. The van der Waals surface area contributed by atoms with Gasteiger partial charge in [-0.1, -0.05) is 30.3 Å². The molecule has 1 saturated heterocycles. The third-order valence-corrected chi connectivity index (χ3v) is 5.86. The van der Waals surface area contributed by atoms with E-state index in [0.717, 1.165) is 42.8 Å². The Kier molecular flexibility index (Phi) is 6.14. The highest BCUT2D eigenvalue weighted by Gasteiger charge is 2.30. The van der Waals surface area contributed by atoms with Gasteiger partial charge in [-0.3, -0.25) is 4.79 Å². The van der Waals surface area contributed by atoms with Gasteiger partial charge in [0.05, 0.1) is 6.61 Å². The zero-order valence-corrected chi connectivity index (χ0v) is 17.1. The van der Waals surface area contributed by atoms with Crippen molar-refractivity contribution in [1.29, 1.82) is 0 Å². The summed E-state index contributed by atoms with van der Waals surface area (Å²) in [6.07, 6.45) is 2.11. The molecule has 0 saturated carbocycles. The summed E-state index contributed by atoms with van der Waals surface area (Å²) in [6.45, 7) is 4.18. The fourth-order valence-corrected chi connectivity index (χ4v) is 4.29. The smallest absolute Gasteiger partial charge is 0.277 e. The summed E-state index contributed by atoms with van der Waals surface area (Å²) in [5.74, 6) is 1.32. The van der Waals surface area contributed by atoms with Gasteiger partial charge in [0.15, 0.2) is 0 Å². The number of nitrogens with zero attached hydrogens (tertiary/aromatic N) is 3. The lowest BCUT2D eigenvalue weighted by molar-refractivity contribution is -0.129. The molecule has 150 valence electrons. The molecule has 1 amide bonds. The van der Waals surface area contributed by atoms with Crippen molar-refractivity contribution in [3.63, 3.8) is 0 Å². The summed E-state index contributed by atoms with van der Waals surface area (Å²) >= 11 is 1.31. The van der Waals surface area contributed by atoms with E-state index < -0.39 is 5.25 Å². The highest BCUT2D eigenvalue weighted by Crippen LogP contribution is 2.37. The second-order valence-corrected chi connectivity index (χ2v) is 7.83. The summed E-state index contributed by atoms with van der Waals surface area (Å²) in [7, 11) is 0. The molecule has 0 radical (unpaired) electrons. The van der Waals surface area contributed by atoms with Crippen LogP contribution in [-0.4, -0.2) is 40.7 Å². The highest BCUT2D eigenvalue weighted by molar-refractivity contribution is 8.00. The molecule has 1 aliphatic rings. The third-order valence-electron chi connectivity index (χ3n) is 4.78. The molecule has 0 unspecified atom stereocenters. The fraction of sp³-hybridized carbons (Fsp3) is 0.318. The van der Waals surface area contributed by atoms with Crippen LogP contribution in [0, 0.1) is 0 Å². The van der Waals surface area contributed by atoms with Crippen LogP contribution in [0.3, 0.4) is 0 Å². The van der Waals surface area contributed by atoms with Crippen LogP contribution in [0.1, 0.15) is 30.6 Å². The molecule has 0 bridgehead atoms. The van der Waals surface area contributed by atoms with Crippen molar-refractivity contribution in [2.24, 2.45) is 0 Å². The predicted molar refractivity (Wildman–Crippen MR) is 112 cm³/mol. The Labute approximate surface area is 174 Å². The number of thioether (sulfide) groups is 1. The summed E-state index contributed by atoms with van der Waals surface area (Å²) in [5, 5.41) is 8.32. The van der Waals surface area contributed by atoms with Crippen molar-refractivity contribution >= 4 is 17.7 Å². The van der Waals surface area contributed by atoms with E-state index in [0.29, 0.717) is 17.7 Å². The fourth-order valence-electron chi connectivity index (χ4n) is 3.33. The molecule has 2 heterocycles. The molecule has 1 fully saturated rings. The largest absolute Gasteiger partial charge is 0.494 e. The van der Waals surface area contributed by atoms with Gasteiger partial charge < -0.3 is 14.1 Å². The number of carbonyl (C=O) groups is 1. The lowest BCUT2D eigenvalue weighted by atomic mass is 10.1. The van der Waals surface area contributed by atoms with Crippen LogP contribution in [0.5, 0.6) is 5.75 Å². The van der Waals surface area contributed by atoms with Crippen molar-refractivity contribution < 1.29 is 13.9 Å². The topological polar surface area (TPSA) is 68.5 Å². The number of likely N-dealkylation sites (tertiary alicyclic amines) is 1. The van der Waals surface area contributed by atoms with Gasteiger partial charge in [0, 0.05) is 18.7 Å². The number of aromatic nitrogens is 2. The number of rotatable bonds is 7. The number of benzene rings is 2. The second-order valence-electron chi connectivity index (χ2n) is 6.77. The monoisotopic (exact) mass is 409 g/mol. The molecule has 2 aromatic carbocycles. The normalized spacial score (nSPS) is 14.7. The lowest BCUT2D eigenvalue weighted by Crippen LogP contribution is -2.31. The first-order chi connectivity index (χ1) is 14.2. The van der Waals surface area contributed by atoms with E-state index in [4.69, 9.17) is 9.15 Å². The third kappa shape index (κ3) is 4.62. The van der Waals surface area contributed by atoms with Crippen molar-refractivity contribution in [2.75, 3.05) is 19.7 Å². The van der Waals surface area contributed by atoms with E-state index in [1.807, 2.05) is 66.4 Å². The van der Waals surface area contributed by atoms with Crippen LogP contribution >= 0.6 is 11.8 Å². The number of carbonyl (C=O) groups excluding carboxylic acids is 1. The maximum absolute atomic E-state index is 13.1. The van der Waals surface area contributed by atoms with Gasteiger partial charge in [0.25, 0.3) is 5.22 Å². The molecule has 29 heavy (non-hydrogen) atoms. The summed E-state index contributed by atoms with van der Waals surface area (Å²) in [5.41, 5.74) is 1.75. The van der Waals surface area contributed by atoms with Crippen molar-refractivity contribution in [3.05, 3.63) is 60.2 Å². The lowest BCUT2D eigenvalue weighted by Gasteiger charge is -2.22. The van der Waals surface area contributed by atoms with Crippen molar-refractivity contribution in [3.8, 4) is 17.2 Å². The van der Waals surface area contributed by atoms with Crippen LogP contribution in [-0.2, 0) is 4.79 Å². The molecule has 0 spiro atoms. The van der Waals surface area contributed by atoms with Crippen LogP contribution in [0.15, 0.2) is 64.2 Å². The maximum atomic E-state index is 13.1. The van der Waals surface area contributed by atoms with Crippen molar-refractivity contribution in [1.82, 2.24) is 15.1 Å². The van der Waals surface area contributed by atoms with Crippen molar-refractivity contribution in [2.45, 2.75) is 30.2 Å². The predicted octanol–water partition coefficient (Wildman–Crippen LogP) is 4.59. The van der Waals surface area contributed by atoms with E-state index in [1.165, 1.54) is 11.8 Å². The quantitative estimate of drug-likeness (QED) is 0.532. The Morgan fingerprint density at radius 1 is 1.10 bits per heavy atom. The first kappa shape index (κ1) is 19.5. The standard InChI is InChI=1S/C22H23N3O3S/c1-2-27-18-12-10-17(11-13-18)20-23-24-22(28-20)29-19(16-8-4-3-5-9-16)21(26)25-14-6-7-15-25/h3-5,8-13,19H,2,6-7,14-15H2,1H3/t19-/m1/s1. The zero-order chi connectivity index (χ0) is 20.1. The van der Waals surface area contributed by atoms with Gasteiger partial charge in [-0.2, -0.15) is 0 Å². The Hall–Kier alpha value is -2.80. The Morgan fingerprint density at radius 3 is 2.52 bits per heavy atom. The number of ether oxygens (including phenoxy) is 1. The van der Waals surface area contributed by atoms with E-state index in [-0.39, 0.29) is 5.91 Å². The Morgan fingerprint density at radius 2 is 1.83 bits per heavy atom. The summed E-state index contributed by atoms with van der Waals surface area (Å²) in [6, 6.07) is 17.3. The molecule has 7 heteroatoms. The average Bonchev–Trinajstić information content (AvgIpc) is 3.45. The molecule has 6 nitrogen and oxygen atoms in total. The number of hydrogen-bond acceptors (Lipinski definition) is 6.